The molecule has 0 aromatic heterocycles. The summed E-state index contributed by atoms with van der Waals surface area (Å²) in [6.07, 6.45) is 1.90. The molecule has 1 aliphatic rings. The van der Waals surface area contributed by atoms with Gasteiger partial charge in [-0.15, -0.1) is 0 Å². The van der Waals surface area contributed by atoms with Gasteiger partial charge in [0.2, 0.25) is 10.0 Å². The molecule has 27 heavy (non-hydrogen) atoms. The quantitative estimate of drug-likeness (QED) is 0.742. The second kappa shape index (κ2) is 8.23. The molecular formula is C18H24N4O3S2. The first-order valence-corrected chi connectivity index (χ1v) is 11.2. The maximum absolute atomic E-state index is 12.5. The molecule has 7 nitrogen and oxygen atoms in total. The van der Waals surface area contributed by atoms with Crippen molar-refractivity contribution in [3.63, 3.8) is 0 Å². The lowest BCUT2D eigenvalue weighted by Crippen LogP contribution is -2.48. The lowest BCUT2D eigenvalue weighted by Gasteiger charge is -2.37. The molecule has 1 unspecified atom stereocenters. The maximum atomic E-state index is 12.5. The number of rotatable bonds is 7. The lowest BCUT2D eigenvalue weighted by molar-refractivity contribution is -0.115. The average Bonchev–Trinajstić information content (AvgIpc) is 2.93. The summed E-state index contributed by atoms with van der Waals surface area (Å²) in [5.74, 6) is -0.356. The van der Waals surface area contributed by atoms with Crippen LogP contribution in [0, 0.1) is 17.2 Å². The molecule has 1 aromatic carbocycles. The minimum Gasteiger partial charge on any atom is -0.364 e. The van der Waals surface area contributed by atoms with Crippen molar-refractivity contribution in [3.8, 4) is 6.07 Å². The van der Waals surface area contributed by atoms with E-state index >= 15 is 0 Å². The van der Waals surface area contributed by atoms with E-state index in [4.69, 9.17) is 11.0 Å². The molecule has 2 rings (SSSR count). The van der Waals surface area contributed by atoms with Gasteiger partial charge in [0, 0.05) is 17.1 Å². The zero-order valence-corrected chi connectivity index (χ0v) is 17.5. The molecule has 0 radical (unpaired) electrons. The average molecular weight is 409 g/mol. The molecule has 0 spiro atoms. The Kier molecular flexibility index (Phi) is 6.44. The molecular weight excluding hydrogens is 384 g/mol. The number of primary amides is 1. The fourth-order valence-electron chi connectivity index (χ4n) is 2.82. The van der Waals surface area contributed by atoms with Crippen molar-refractivity contribution in [1.29, 1.82) is 5.26 Å². The Morgan fingerprint density at radius 2 is 1.96 bits per heavy atom. The van der Waals surface area contributed by atoms with Gasteiger partial charge in [-0.3, -0.25) is 4.79 Å². The van der Waals surface area contributed by atoms with Crippen molar-refractivity contribution in [1.82, 2.24) is 4.31 Å². The molecule has 1 heterocycles. The van der Waals surface area contributed by atoms with Crippen molar-refractivity contribution < 1.29 is 13.2 Å². The molecule has 1 aliphatic heterocycles. The van der Waals surface area contributed by atoms with Crippen LogP contribution in [0.25, 0.3) is 0 Å². The summed E-state index contributed by atoms with van der Waals surface area (Å²) in [4.78, 5) is 14.4. The number of nitriles is 1. The molecule has 0 bridgehead atoms. The van der Waals surface area contributed by atoms with E-state index in [0.29, 0.717) is 22.9 Å². The van der Waals surface area contributed by atoms with Gasteiger partial charge in [-0.25, -0.2) is 12.7 Å². The smallest absolute Gasteiger partial charge is 0.266 e. The highest BCUT2D eigenvalue weighted by Crippen LogP contribution is 2.42. The van der Waals surface area contributed by atoms with E-state index in [1.807, 2.05) is 4.90 Å². The highest BCUT2D eigenvalue weighted by Gasteiger charge is 2.42. The van der Waals surface area contributed by atoms with Crippen molar-refractivity contribution in [2.45, 2.75) is 32.7 Å². The largest absolute Gasteiger partial charge is 0.364 e. The van der Waals surface area contributed by atoms with Crippen LogP contribution in [-0.4, -0.2) is 36.9 Å². The molecule has 0 saturated heterocycles. The zero-order valence-electron chi connectivity index (χ0n) is 15.8. The SMILES string of the molecule is CC1=C(C(N)=O)N(S(C)(=O)=O)C(N(CCC(C)C)c2ccc(C#N)cc2)S1. The summed E-state index contributed by atoms with van der Waals surface area (Å²) in [5, 5.41) is 9.02. The Hall–Kier alpha value is -2.18. The molecule has 1 aromatic rings. The van der Waals surface area contributed by atoms with E-state index in [1.54, 1.807) is 31.2 Å². The number of carbonyl (C=O) groups excluding carboxylic acids is 1. The van der Waals surface area contributed by atoms with E-state index in [9.17, 15) is 13.2 Å². The summed E-state index contributed by atoms with van der Waals surface area (Å²) in [6.45, 7) is 6.46. The summed E-state index contributed by atoms with van der Waals surface area (Å²) in [6, 6.07) is 9.04. The molecule has 0 aliphatic carbocycles. The third kappa shape index (κ3) is 4.76. The highest BCUT2D eigenvalue weighted by atomic mass is 32.2. The number of hydrogen-bond acceptors (Lipinski definition) is 6. The number of anilines is 1. The number of thioether (sulfide) groups is 1. The van der Waals surface area contributed by atoms with Crippen LogP contribution in [0.5, 0.6) is 0 Å². The van der Waals surface area contributed by atoms with Crippen LogP contribution in [-0.2, 0) is 14.8 Å². The second-order valence-electron chi connectivity index (χ2n) is 6.81. The number of hydrogen-bond donors (Lipinski definition) is 1. The number of allylic oxidation sites excluding steroid dienone is 1. The fraction of sp³-hybridized carbons (Fsp3) is 0.444. The Balaban J connectivity index is 2.50. The van der Waals surface area contributed by atoms with E-state index in [-0.39, 0.29) is 5.70 Å². The second-order valence-corrected chi connectivity index (χ2v) is 9.94. The van der Waals surface area contributed by atoms with E-state index in [1.165, 1.54) is 11.8 Å². The maximum Gasteiger partial charge on any atom is 0.266 e. The molecule has 2 N–H and O–H groups in total. The van der Waals surface area contributed by atoms with Crippen LogP contribution in [0.3, 0.4) is 0 Å². The van der Waals surface area contributed by atoms with Crippen molar-refractivity contribution >= 4 is 33.4 Å². The third-order valence-electron chi connectivity index (χ3n) is 4.17. The van der Waals surface area contributed by atoms with Crippen LogP contribution in [0.15, 0.2) is 34.9 Å². The Morgan fingerprint density at radius 3 is 2.41 bits per heavy atom. The number of amides is 1. The van der Waals surface area contributed by atoms with Crippen molar-refractivity contribution in [2.24, 2.45) is 11.7 Å². The van der Waals surface area contributed by atoms with E-state index in [2.05, 4.69) is 19.9 Å². The van der Waals surface area contributed by atoms with E-state index in [0.717, 1.165) is 22.7 Å². The van der Waals surface area contributed by atoms with Crippen LogP contribution < -0.4 is 10.6 Å². The third-order valence-corrected chi connectivity index (χ3v) is 6.62. The fourth-order valence-corrected chi connectivity index (χ4v) is 5.66. The molecule has 0 fully saturated rings. The monoisotopic (exact) mass is 408 g/mol. The molecule has 0 saturated carbocycles. The number of benzene rings is 1. The van der Waals surface area contributed by atoms with Crippen LogP contribution in [0.2, 0.25) is 0 Å². The molecule has 1 atom stereocenters. The molecule has 146 valence electrons. The Bertz CT molecular complexity index is 886. The Morgan fingerprint density at radius 1 is 1.37 bits per heavy atom. The summed E-state index contributed by atoms with van der Waals surface area (Å²) in [5.41, 5.74) is 6.13. The Labute approximate surface area is 164 Å². The first-order valence-electron chi connectivity index (χ1n) is 8.49. The number of nitrogens with zero attached hydrogens (tertiary/aromatic N) is 3. The minimum absolute atomic E-state index is 0.00990. The van der Waals surface area contributed by atoms with Crippen LogP contribution in [0.4, 0.5) is 5.69 Å². The van der Waals surface area contributed by atoms with Crippen molar-refractivity contribution in [3.05, 3.63) is 40.4 Å². The summed E-state index contributed by atoms with van der Waals surface area (Å²) in [7, 11) is -3.72. The first-order chi connectivity index (χ1) is 12.6. The summed E-state index contributed by atoms with van der Waals surface area (Å²) >= 11 is 1.29. The van der Waals surface area contributed by atoms with Crippen LogP contribution >= 0.6 is 11.8 Å². The van der Waals surface area contributed by atoms with Gasteiger partial charge in [-0.2, -0.15) is 5.26 Å². The summed E-state index contributed by atoms with van der Waals surface area (Å²) < 4.78 is 26.1. The zero-order chi connectivity index (χ0) is 20.4. The number of carbonyl (C=O) groups is 1. The van der Waals surface area contributed by atoms with Crippen LogP contribution in [0.1, 0.15) is 32.8 Å². The molecule has 9 heteroatoms. The lowest BCUT2D eigenvalue weighted by atomic mass is 10.1. The van der Waals surface area contributed by atoms with Gasteiger partial charge >= 0.3 is 0 Å². The van der Waals surface area contributed by atoms with Gasteiger partial charge in [0.15, 0.2) is 5.50 Å². The van der Waals surface area contributed by atoms with Gasteiger partial charge in [0.05, 0.1) is 17.9 Å². The number of nitrogens with two attached hydrogens (primary N) is 1. The molecule has 1 amide bonds. The normalized spacial score (nSPS) is 17.3. The van der Waals surface area contributed by atoms with Gasteiger partial charge in [0.1, 0.15) is 5.70 Å². The van der Waals surface area contributed by atoms with E-state index < -0.39 is 21.4 Å². The topological polar surface area (TPSA) is 108 Å². The first kappa shape index (κ1) is 21.1. The highest BCUT2D eigenvalue weighted by molar-refractivity contribution is 8.04. The van der Waals surface area contributed by atoms with Gasteiger partial charge < -0.3 is 10.6 Å². The van der Waals surface area contributed by atoms with Gasteiger partial charge in [0.25, 0.3) is 5.91 Å². The standard InChI is InChI=1S/C18H24N4O3S2/c1-12(2)9-10-21(15-7-5-14(11-19)6-8-15)18-22(27(4,24)25)16(17(20)23)13(3)26-18/h5-8,12,18H,9-10H2,1-4H3,(H2,20,23). The minimum atomic E-state index is -3.72. The number of sulfonamides is 1. The van der Waals surface area contributed by atoms with Crippen molar-refractivity contribution in [2.75, 3.05) is 17.7 Å². The van der Waals surface area contributed by atoms with Gasteiger partial charge in [-0.1, -0.05) is 25.6 Å². The van der Waals surface area contributed by atoms with Gasteiger partial charge in [-0.05, 0) is 43.5 Å². The predicted octanol–water partition coefficient (Wildman–Crippen LogP) is 2.42. The predicted molar refractivity (Wildman–Crippen MR) is 108 cm³/mol.